The highest BCUT2D eigenvalue weighted by Gasteiger charge is 2.53. The highest BCUT2D eigenvalue weighted by Crippen LogP contribution is 2.61. The van der Waals surface area contributed by atoms with E-state index in [2.05, 4.69) is 49.7 Å². The van der Waals surface area contributed by atoms with E-state index in [9.17, 15) is 0 Å². The lowest BCUT2D eigenvalue weighted by molar-refractivity contribution is -0.0359. The van der Waals surface area contributed by atoms with E-state index in [4.69, 9.17) is 0 Å². The van der Waals surface area contributed by atoms with Crippen LogP contribution in [0.1, 0.15) is 59.8 Å². The molecule has 0 amide bonds. The molecule has 1 fully saturated rings. The molecule has 1 saturated carbocycles. The van der Waals surface area contributed by atoms with Crippen molar-refractivity contribution in [2.75, 3.05) is 0 Å². The van der Waals surface area contributed by atoms with Crippen LogP contribution in [0.3, 0.4) is 0 Å². The van der Waals surface area contributed by atoms with Crippen molar-refractivity contribution in [1.29, 1.82) is 0 Å². The van der Waals surface area contributed by atoms with Crippen LogP contribution in [0.25, 0.3) is 0 Å². The molecule has 0 aromatic carbocycles. The Morgan fingerprint density at radius 1 is 1.31 bits per heavy atom. The molecule has 2 aliphatic rings. The molecule has 0 bridgehead atoms. The summed E-state index contributed by atoms with van der Waals surface area (Å²) in [5.74, 6) is 0.876. The number of hydrogen-bond acceptors (Lipinski definition) is 0. The third kappa shape index (κ3) is 1.70. The first kappa shape index (κ1) is 12.7. The number of halogens is 1. The SMILES string of the molecule is CC1=CCC2(CC1)C(C)CCC(Br)C2(C)C. The van der Waals surface area contributed by atoms with Crippen molar-refractivity contribution in [1.82, 2.24) is 0 Å². The summed E-state index contributed by atoms with van der Waals surface area (Å²) >= 11 is 3.94. The van der Waals surface area contributed by atoms with Crippen LogP contribution in [-0.2, 0) is 0 Å². The van der Waals surface area contributed by atoms with Crippen LogP contribution in [0.15, 0.2) is 11.6 Å². The number of rotatable bonds is 0. The molecule has 0 heterocycles. The first-order chi connectivity index (χ1) is 7.40. The van der Waals surface area contributed by atoms with Gasteiger partial charge < -0.3 is 0 Å². The van der Waals surface area contributed by atoms with Gasteiger partial charge in [0.2, 0.25) is 0 Å². The standard InChI is InChI=1S/C15H25Br/c1-11-7-9-15(10-8-11)12(2)5-6-13(16)14(15,3)4/h7,12-13H,5-6,8-10H2,1-4H3. The summed E-state index contributed by atoms with van der Waals surface area (Å²) in [6.07, 6.45) is 9.26. The average Bonchev–Trinajstić information content (AvgIpc) is 2.24. The van der Waals surface area contributed by atoms with Crippen molar-refractivity contribution in [2.45, 2.75) is 64.6 Å². The smallest absolute Gasteiger partial charge is 0.0202 e. The van der Waals surface area contributed by atoms with Gasteiger partial charge in [0.05, 0.1) is 0 Å². The second kappa shape index (κ2) is 4.15. The summed E-state index contributed by atoms with van der Waals surface area (Å²) in [6, 6.07) is 0. The Bertz CT molecular complexity index is 303. The summed E-state index contributed by atoms with van der Waals surface area (Å²) in [7, 11) is 0. The van der Waals surface area contributed by atoms with Crippen LogP contribution < -0.4 is 0 Å². The van der Waals surface area contributed by atoms with Crippen molar-refractivity contribution in [2.24, 2.45) is 16.7 Å². The Morgan fingerprint density at radius 3 is 2.56 bits per heavy atom. The lowest BCUT2D eigenvalue weighted by Gasteiger charge is -2.58. The number of alkyl halides is 1. The van der Waals surface area contributed by atoms with Gasteiger partial charge in [-0.05, 0) is 55.8 Å². The molecule has 0 aromatic rings. The minimum Gasteiger partial charge on any atom is -0.0885 e. The number of hydrogen-bond donors (Lipinski definition) is 0. The van der Waals surface area contributed by atoms with Gasteiger partial charge >= 0.3 is 0 Å². The number of allylic oxidation sites excluding steroid dienone is 2. The maximum absolute atomic E-state index is 3.94. The van der Waals surface area contributed by atoms with Crippen LogP contribution in [0.2, 0.25) is 0 Å². The molecule has 3 atom stereocenters. The first-order valence-corrected chi connectivity index (χ1v) is 7.61. The molecule has 92 valence electrons. The Hall–Kier alpha value is 0.220. The predicted molar refractivity (Wildman–Crippen MR) is 74.9 cm³/mol. The Kier molecular flexibility index (Phi) is 3.29. The van der Waals surface area contributed by atoms with Crippen molar-refractivity contribution in [3.05, 3.63) is 11.6 Å². The highest BCUT2D eigenvalue weighted by molar-refractivity contribution is 9.09. The molecule has 0 radical (unpaired) electrons. The Labute approximate surface area is 109 Å². The van der Waals surface area contributed by atoms with Crippen molar-refractivity contribution < 1.29 is 0 Å². The predicted octanol–water partition coefficient (Wildman–Crippen LogP) is 5.32. The molecule has 2 rings (SSSR count). The maximum Gasteiger partial charge on any atom is 0.0202 e. The molecule has 3 unspecified atom stereocenters. The minimum atomic E-state index is 0.432. The van der Waals surface area contributed by atoms with E-state index in [0.717, 1.165) is 5.92 Å². The molecule has 0 aromatic heterocycles. The molecule has 16 heavy (non-hydrogen) atoms. The van der Waals surface area contributed by atoms with Gasteiger partial charge in [-0.15, -0.1) is 0 Å². The fourth-order valence-corrected chi connectivity index (χ4v) is 4.71. The lowest BCUT2D eigenvalue weighted by atomic mass is 9.49. The molecule has 1 spiro atoms. The molecule has 1 heteroatoms. The van der Waals surface area contributed by atoms with E-state index in [1.165, 1.54) is 32.1 Å². The van der Waals surface area contributed by atoms with Crippen LogP contribution in [0, 0.1) is 16.7 Å². The van der Waals surface area contributed by atoms with Gasteiger partial charge in [-0.3, -0.25) is 0 Å². The van der Waals surface area contributed by atoms with E-state index in [1.807, 2.05) is 0 Å². The lowest BCUT2D eigenvalue weighted by Crippen LogP contribution is -2.52. The van der Waals surface area contributed by atoms with Gasteiger partial charge in [0.15, 0.2) is 0 Å². The van der Waals surface area contributed by atoms with E-state index in [0.29, 0.717) is 15.7 Å². The summed E-state index contributed by atoms with van der Waals surface area (Å²) in [5, 5.41) is 0. The Balaban J connectivity index is 2.35. The second-order valence-electron chi connectivity index (χ2n) is 6.58. The van der Waals surface area contributed by atoms with Crippen molar-refractivity contribution in [3.8, 4) is 0 Å². The van der Waals surface area contributed by atoms with Gasteiger partial charge in [-0.2, -0.15) is 0 Å². The molecule has 2 aliphatic carbocycles. The first-order valence-electron chi connectivity index (χ1n) is 6.70. The second-order valence-corrected chi connectivity index (χ2v) is 7.68. The van der Waals surface area contributed by atoms with Crippen LogP contribution in [0.4, 0.5) is 0 Å². The van der Waals surface area contributed by atoms with E-state index < -0.39 is 0 Å². The van der Waals surface area contributed by atoms with Crippen LogP contribution in [-0.4, -0.2) is 4.83 Å². The fraction of sp³-hybridized carbons (Fsp3) is 0.867. The van der Waals surface area contributed by atoms with Gasteiger partial charge in [0.1, 0.15) is 0 Å². The molecule has 0 saturated heterocycles. The van der Waals surface area contributed by atoms with E-state index in [1.54, 1.807) is 5.57 Å². The van der Waals surface area contributed by atoms with Gasteiger partial charge in [-0.25, -0.2) is 0 Å². The Morgan fingerprint density at radius 2 is 2.00 bits per heavy atom. The minimum absolute atomic E-state index is 0.432. The third-order valence-corrected chi connectivity index (χ3v) is 7.25. The summed E-state index contributed by atoms with van der Waals surface area (Å²) < 4.78 is 0. The molecular formula is C15H25Br. The quantitative estimate of drug-likeness (QED) is 0.417. The summed E-state index contributed by atoms with van der Waals surface area (Å²) in [4.78, 5) is 0.697. The van der Waals surface area contributed by atoms with E-state index >= 15 is 0 Å². The topological polar surface area (TPSA) is 0 Å². The van der Waals surface area contributed by atoms with E-state index in [-0.39, 0.29) is 0 Å². The molecule has 0 N–H and O–H groups in total. The van der Waals surface area contributed by atoms with Crippen LogP contribution >= 0.6 is 15.9 Å². The van der Waals surface area contributed by atoms with Crippen LogP contribution in [0.5, 0.6) is 0 Å². The fourth-order valence-electron chi connectivity index (χ4n) is 3.99. The maximum atomic E-state index is 3.94. The molecular weight excluding hydrogens is 260 g/mol. The summed E-state index contributed by atoms with van der Waals surface area (Å²) in [6.45, 7) is 9.74. The third-order valence-electron chi connectivity index (χ3n) is 5.64. The van der Waals surface area contributed by atoms with Gasteiger partial charge in [0, 0.05) is 4.83 Å². The zero-order valence-electron chi connectivity index (χ0n) is 11.1. The summed E-state index contributed by atoms with van der Waals surface area (Å²) in [5.41, 5.74) is 2.58. The zero-order chi connectivity index (χ0) is 12.0. The average molecular weight is 285 g/mol. The largest absolute Gasteiger partial charge is 0.0885 e. The zero-order valence-corrected chi connectivity index (χ0v) is 12.7. The van der Waals surface area contributed by atoms with Crippen molar-refractivity contribution in [3.63, 3.8) is 0 Å². The monoisotopic (exact) mass is 284 g/mol. The normalized spacial score (nSPS) is 43.2. The van der Waals surface area contributed by atoms with Gasteiger partial charge in [-0.1, -0.05) is 48.4 Å². The van der Waals surface area contributed by atoms with Crippen molar-refractivity contribution >= 4 is 15.9 Å². The van der Waals surface area contributed by atoms with Gasteiger partial charge in [0.25, 0.3) is 0 Å². The highest BCUT2D eigenvalue weighted by atomic mass is 79.9. The molecule has 0 nitrogen and oxygen atoms in total. The molecule has 0 aliphatic heterocycles.